The van der Waals surface area contributed by atoms with Crippen LogP contribution in [0.4, 0.5) is 0 Å². The smallest absolute Gasteiger partial charge is 0.207 e. The van der Waals surface area contributed by atoms with Gasteiger partial charge in [-0.05, 0) is 12.2 Å². The van der Waals surface area contributed by atoms with Gasteiger partial charge in [-0.15, -0.1) is 0 Å². The fraction of sp³-hybridized carbons (Fsp3) is 0.333. The minimum Gasteiger partial charge on any atom is -0.207 e. The molecule has 0 spiro atoms. The van der Waals surface area contributed by atoms with Crippen molar-refractivity contribution in [3.63, 3.8) is 0 Å². The second-order valence-corrected chi connectivity index (χ2v) is 6.46. The Bertz CT molecular complexity index is 340. The normalized spacial score (nSPS) is 22.1. The summed E-state index contributed by atoms with van der Waals surface area (Å²) in [6.07, 6.45) is 4.55. The van der Waals surface area contributed by atoms with E-state index in [0.29, 0.717) is 6.42 Å². The van der Waals surface area contributed by atoms with E-state index in [9.17, 15) is 8.42 Å². The van der Waals surface area contributed by atoms with Crippen LogP contribution in [0.15, 0.2) is 23.1 Å². The summed E-state index contributed by atoms with van der Waals surface area (Å²) in [6, 6.07) is 0. The zero-order chi connectivity index (χ0) is 9.41. The highest BCUT2D eigenvalue weighted by Crippen LogP contribution is 2.34. The van der Waals surface area contributed by atoms with Crippen LogP contribution in [-0.2, 0) is 9.05 Å². The van der Waals surface area contributed by atoms with Crippen LogP contribution in [0.1, 0.15) is 6.42 Å². The Balaban J connectivity index is 3.09. The van der Waals surface area contributed by atoms with Crippen LogP contribution in [0.2, 0.25) is 0 Å². The van der Waals surface area contributed by atoms with Crippen LogP contribution in [0.5, 0.6) is 0 Å². The van der Waals surface area contributed by atoms with Crippen LogP contribution < -0.4 is 0 Å². The lowest BCUT2D eigenvalue weighted by Crippen LogP contribution is -2.12. The molecule has 0 amide bonds. The molecule has 0 saturated carbocycles. The predicted molar refractivity (Wildman–Crippen MR) is 51.0 cm³/mol. The van der Waals surface area contributed by atoms with E-state index < -0.39 is 13.4 Å². The lowest BCUT2D eigenvalue weighted by atomic mass is 10.2. The van der Waals surface area contributed by atoms with E-state index in [1.54, 1.807) is 6.08 Å². The fourth-order valence-electron chi connectivity index (χ4n) is 0.799. The van der Waals surface area contributed by atoms with Crippen LogP contribution in [0.25, 0.3) is 0 Å². The van der Waals surface area contributed by atoms with E-state index in [0.717, 1.165) is 0 Å². The highest BCUT2D eigenvalue weighted by molar-refractivity contribution is 8.17. The second-order valence-electron chi connectivity index (χ2n) is 2.35. The quantitative estimate of drug-likeness (QED) is 0.527. The van der Waals surface area contributed by atoms with Gasteiger partial charge in [0.1, 0.15) is 4.33 Å². The van der Waals surface area contributed by atoms with Crippen molar-refractivity contribution in [2.45, 2.75) is 10.8 Å². The summed E-state index contributed by atoms with van der Waals surface area (Å²) in [7, 11) is 1.36. The third kappa shape index (κ3) is 2.66. The third-order valence-electron chi connectivity index (χ3n) is 1.31. The first-order valence-electron chi connectivity index (χ1n) is 3.03. The van der Waals surface area contributed by atoms with Gasteiger partial charge < -0.3 is 0 Å². The number of rotatable bonds is 1. The predicted octanol–water partition coefficient (Wildman–Crippen LogP) is 2.57. The van der Waals surface area contributed by atoms with Gasteiger partial charge in [0.05, 0.1) is 4.91 Å². The Kier molecular flexibility index (Phi) is 2.78. The summed E-state index contributed by atoms with van der Waals surface area (Å²) < 4.78 is 20.4. The number of hydrogen-bond acceptors (Lipinski definition) is 2. The molecule has 12 heavy (non-hydrogen) atoms. The Morgan fingerprint density at radius 3 is 2.33 bits per heavy atom. The van der Waals surface area contributed by atoms with Gasteiger partial charge in [-0.25, -0.2) is 8.42 Å². The van der Waals surface area contributed by atoms with Crippen LogP contribution in [-0.4, -0.2) is 12.8 Å². The number of hydrogen-bond donors (Lipinski definition) is 0. The van der Waals surface area contributed by atoms with Crippen LogP contribution in [0.3, 0.4) is 0 Å². The van der Waals surface area contributed by atoms with Crippen LogP contribution in [0, 0.1) is 0 Å². The van der Waals surface area contributed by atoms with Crippen molar-refractivity contribution in [2.75, 3.05) is 0 Å². The van der Waals surface area contributed by atoms with Crippen molar-refractivity contribution >= 4 is 42.9 Å². The van der Waals surface area contributed by atoms with Crippen LogP contribution >= 0.6 is 33.9 Å². The molecule has 0 saturated heterocycles. The summed E-state index contributed by atoms with van der Waals surface area (Å²) >= 11 is 11.4. The molecule has 68 valence electrons. The molecule has 0 unspecified atom stereocenters. The van der Waals surface area contributed by atoms with E-state index in [4.69, 9.17) is 33.9 Å². The monoisotopic (exact) mass is 246 g/mol. The van der Waals surface area contributed by atoms with Gasteiger partial charge in [0.15, 0.2) is 0 Å². The lowest BCUT2D eigenvalue weighted by Gasteiger charge is -2.16. The van der Waals surface area contributed by atoms with E-state index in [1.807, 2.05) is 0 Å². The summed E-state index contributed by atoms with van der Waals surface area (Å²) in [5.74, 6) is 0. The van der Waals surface area contributed by atoms with Crippen molar-refractivity contribution in [3.8, 4) is 0 Å². The first kappa shape index (κ1) is 10.4. The first-order chi connectivity index (χ1) is 5.31. The highest BCUT2D eigenvalue weighted by Gasteiger charge is 2.26. The molecule has 0 aromatic heterocycles. The molecule has 1 rings (SSSR count). The molecule has 0 fully saturated rings. The summed E-state index contributed by atoms with van der Waals surface area (Å²) in [5, 5.41) is 0. The van der Waals surface area contributed by atoms with Crippen molar-refractivity contribution < 1.29 is 8.42 Å². The molecular formula is C6H5Cl3O2S. The molecule has 0 radical (unpaired) electrons. The van der Waals surface area contributed by atoms with Crippen molar-refractivity contribution in [3.05, 3.63) is 23.1 Å². The summed E-state index contributed by atoms with van der Waals surface area (Å²) in [6.45, 7) is 0. The zero-order valence-electron chi connectivity index (χ0n) is 5.80. The Morgan fingerprint density at radius 2 is 2.00 bits per heavy atom. The maximum atomic E-state index is 10.8. The second kappa shape index (κ2) is 3.22. The van der Waals surface area contributed by atoms with E-state index in [2.05, 4.69) is 0 Å². The molecule has 0 aromatic carbocycles. The van der Waals surface area contributed by atoms with Crippen molar-refractivity contribution in [1.29, 1.82) is 0 Å². The van der Waals surface area contributed by atoms with Gasteiger partial charge in [0.2, 0.25) is 0 Å². The first-order valence-corrected chi connectivity index (χ1v) is 6.10. The van der Waals surface area contributed by atoms with Crippen molar-refractivity contribution in [2.24, 2.45) is 0 Å². The molecule has 1 aliphatic rings. The minimum absolute atomic E-state index is 0.0552. The standard InChI is InChI=1S/C6H5Cl3O2S/c7-6(8)3-1-2-5(4-6)12(9,10)11/h1-2,4H,3H2. The Labute approximate surface area is 85.2 Å². The number of allylic oxidation sites excluding steroid dienone is 3. The van der Waals surface area contributed by atoms with Gasteiger partial charge in [-0.3, -0.25) is 0 Å². The Morgan fingerprint density at radius 1 is 1.42 bits per heavy atom. The molecule has 0 aliphatic heterocycles. The molecule has 0 atom stereocenters. The van der Waals surface area contributed by atoms with Gasteiger partial charge >= 0.3 is 0 Å². The topological polar surface area (TPSA) is 34.1 Å². The van der Waals surface area contributed by atoms with Gasteiger partial charge in [0, 0.05) is 17.1 Å². The van der Waals surface area contributed by atoms with Crippen molar-refractivity contribution in [1.82, 2.24) is 0 Å². The van der Waals surface area contributed by atoms with Gasteiger partial charge in [0.25, 0.3) is 9.05 Å². The summed E-state index contributed by atoms with van der Waals surface area (Å²) in [4.78, 5) is -0.0552. The largest absolute Gasteiger partial charge is 0.261 e. The maximum Gasteiger partial charge on any atom is 0.261 e. The molecule has 0 N–H and O–H groups in total. The molecular weight excluding hydrogens is 242 g/mol. The maximum absolute atomic E-state index is 10.8. The van der Waals surface area contributed by atoms with Gasteiger partial charge in [-0.1, -0.05) is 29.3 Å². The molecule has 0 aromatic rings. The third-order valence-corrected chi connectivity index (χ3v) is 3.19. The fourth-order valence-corrected chi connectivity index (χ4v) is 2.23. The molecule has 2 nitrogen and oxygen atoms in total. The van der Waals surface area contributed by atoms with E-state index in [1.165, 1.54) is 12.2 Å². The average Bonchev–Trinajstić information content (AvgIpc) is 1.83. The molecule has 1 aliphatic carbocycles. The Hall–Kier alpha value is 0.300. The minimum atomic E-state index is -3.72. The van der Waals surface area contributed by atoms with E-state index in [-0.39, 0.29) is 4.91 Å². The number of alkyl halides is 2. The SMILES string of the molecule is O=S(=O)(Cl)C1=CC(Cl)(Cl)CC=C1. The van der Waals surface area contributed by atoms with E-state index >= 15 is 0 Å². The van der Waals surface area contributed by atoms with Gasteiger partial charge in [-0.2, -0.15) is 0 Å². The molecule has 0 heterocycles. The molecule has 0 bridgehead atoms. The lowest BCUT2D eigenvalue weighted by molar-refractivity contribution is 0.615. The highest BCUT2D eigenvalue weighted by atomic mass is 35.7. The average molecular weight is 248 g/mol. The number of halogens is 3. The zero-order valence-corrected chi connectivity index (χ0v) is 8.88. The summed E-state index contributed by atoms with van der Waals surface area (Å²) in [5.41, 5.74) is 0. The molecule has 6 heteroatoms.